The maximum absolute atomic E-state index is 10.7. The molecule has 1 aromatic rings. The molecule has 0 fully saturated rings. The van der Waals surface area contributed by atoms with Crippen molar-refractivity contribution < 1.29 is 4.42 Å². The van der Waals surface area contributed by atoms with E-state index in [9.17, 15) is 4.79 Å². The van der Waals surface area contributed by atoms with Crippen molar-refractivity contribution in [2.45, 2.75) is 25.3 Å². The summed E-state index contributed by atoms with van der Waals surface area (Å²) in [6, 6.07) is 0.154. The maximum Gasteiger partial charge on any atom is 0.416 e. The van der Waals surface area contributed by atoms with E-state index in [-0.39, 0.29) is 11.8 Å². The third-order valence-electron chi connectivity index (χ3n) is 2.02. The zero-order valence-electron chi connectivity index (χ0n) is 6.09. The lowest BCUT2D eigenvalue weighted by Gasteiger charge is -2.14. The van der Waals surface area contributed by atoms with Gasteiger partial charge in [0, 0.05) is 12.5 Å². The minimum Gasteiger partial charge on any atom is -0.413 e. The van der Waals surface area contributed by atoms with Crippen molar-refractivity contribution in [1.82, 2.24) is 4.98 Å². The Kier molecular flexibility index (Phi) is 1.35. The van der Waals surface area contributed by atoms with Crippen LogP contribution in [0.1, 0.15) is 17.9 Å². The van der Waals surface area contributed by atoms with Gasteiger partial charge in [-0.3, -0.25) is 4.98 Å². The second kappa shape index (κ2) is 2.23. The molecule has 11 heavy (non-hydrogen) atoms. The van der Waals surface area contributed by atoms with Crippen LogP contribution in [0.4, 0.5) is 0 Å². The fourth-order valence-electron chi connectivity index (χ4n) is 1.43. The van der Waals surface area contributed by atoms with Gasteiger partial charge in [-0.15, -0.1) is 0 Å². The molecule has 0 radical (unpaired) electrons. The zero-order chi connectivity index (χ0) is 7.84. The maximum atomic E-state index is 10.7. The summed E-state index contributed by atoms with van der Waals surface area (Å²) in [6.45, 7) is 0. The van der Waals surface area contributed by atoms with Crippen molar-refractivity contribution in [3.63, 3.8) is 0 Å². The molecule has 1 aliphatic rings. The van der Waals surface area contributed by atoms with Gasteiger partial charge in [0.05, 0.1) is 5.69 Å². The molecule has 0 saturated carbocycles. The average molecular weight is 154 g/mol. The average Bonchev–Trinajstić information content (AvgIpc) is 2.27. The molecule has 0 aliphatic heterocycles. The predicted molar refractivity (Wildman–Crippen MR) is 39.3 cm³/mol. The van der Waals surface area contributed by atoms with E-state index in [0.717, 1.165) is 24.3 Å². The molecular formula is C7H10N2O2. The number of hydrogen-bond acceptors (Lipinski definition) is 3. The Hall–Kier alpha value is -1.03. The van der Waals surface area contributed by atoms with Crippen LogP contribution in [-0.4, -0.2) is 11.0 Å². The number of H-pyrrole nitrogens is 1. The summed E-state index contributed by atoms with van der Waals surface area (Å²) in [6.07, 6.45) is 2.46. The molecule has 1 heterocycles. The van der Waals surface area contributed by atoms with Crippen LogP contribution in [0.2, 0.25) is 0 Å². The first-order chi connectivity index (χ1) is 5.25. The van der Waals surface area contributed by atoms with Crippen molar-refractivity contribution in [2.75, 3.05) is 0 Å². The summed E-state index contributed by atoms with van der Waals surface area (Å²) in [4.78, 5) is 13.3. The Morgan fingerprint density at radius 2 is 2.45 bits per heavy atom. The van der Waals surface area contributed by atoms with Crippen LogP contribution in [0.25, 0.3) is 0 Å². The fourth-order valence-corrected chi connectivity index (χ4v) is 1.43. The number of nitrogens with one attached hydrogen (secondary N) is 1. The quantitative estimate of drug-likeness (QED) is 0.542. The summed E-state index contributed by atoms with van der Waals surface area (Å²) < 4.78 is 4.89. The first-order valence-corrected chi connectivity index (χ1v) is 3.72. The molecule has 2 rings (SSSR count). The van der Waals surface area contributed by atoms with Crippen molar-refractivity contribution in [3.8, 4) is 0 Å². The molecule has 1 unspecified atom stereocenters. The highest BCUT2D eigenvalue weighted by Gasteiger charge is 2.19. The Bertz CT molecular complexity index is 312. The molecule has 1 atom stereocenters. The normalized spacial score (nSPS) is 23.2. The molecule has 0 aromatic carbocycles. The smallest absolute Gasteiger partial charge is 0.413 e. The van der Waals surface area contributed by atoms with E-state index in [1.54, 1.807) is 0 Å². The van der Waals surface area contributed by atoms with Gasteiger partial charge in [0.25, 0.3) is 0 Å². The van der Waals surface area contributed by atoms with Gasteiger partial charge in [-0.05, 0) is 12.8 Å². The van der Waals surface area contributed by atoms with Gasteiger partial charge < -0.3 is 10.2 Å². The van der Waals surface area contributed by atoms with E-state index in [2.05, 4.69) is 4.98 Å². The highest BCUT2D eigenvalue weighted by Crippen LogP contribution is 2.16. The standard InChI is InChI=1S/C7H10N2O2/c8-4-1-2-5-6(3-4)11-7(10)9-5/h4H,1-3,8H2,(H,9,10). The van der Waals surface area contributed by atoms with Crippen LogP contribution in [0.3, 0.4) is 0 Å². The summed E-state index contributed by atoms with van der Waals surface area (Å²) in [7, 11) is 0. The van der Waals surface area contributed by atoms with E-state index < -0.39 is 0 Å². The number of aryl methyl sites for hydroxylation is 1. The van der Waals surface area contributed by atoms with Gasteiger partial charge >= 0.3 is 5.76 Å². The zero-order valence-corrected chi connectivity index (χ0v) is 6.09. The molecule has 4 heteroatoms. The Morgan fingerprint density at radius 3 is 3.27 bits per heavy atom. The predicted octanol–water partition coefficient (Wildman–Crippen LogP) is -0.216. The minimum atomic E-state index is -0.357. The minimum absolute atomic E-state index is 0.154. The van der Waals surface area contributed by atoms with E-state index >= 15 is 0 Å². The van der Waals surface area contributed by atoms with E-state index in [4.69, 9.17) is 10.2 Å². The van der Waals surface area contributed by atoms with Gasteiger partial charge in [0.2, 0.25) is 0 Å². The van der Waals surface area contributed by atoms with Gasteiger partial charge in [0.1, 0.15) is 5.76 Å². The topological polar surface area (TPSA) is 72.0 Å². The molecular weight excluding hydrogens is 144 g/mol. The highest BCUT2D eigenvalue weighted by atomic mass is 16.4. The van der Waals surface area contributed by atoms with Crippen molar-refractivity contribution in [1.29, 1.82) is 0 Å². The lowest BCUT2D eigenvalue weighted by molar-refractivity contribution is 0.429. The van der Waals surface area contributed by atoms with Crippen LogP contribution in [0, 0.1) is 0 Å². The van der Waals surface area contributed by atoms with Crippen molar-refractivity contribution in [2.24, 2.45) is 5.73 Å². The van der Waals surface area contributed by atoms with Crippen LogP contribution >= 0.6 is 0 Å². The second-order valence-electron chi connectivity index (χ2n) is 2.92. The van der Waals surface area contributed by atoms with E-state index in [0.29, 0.717) is 6.42 Å². The molecule has 60 valence electrons. The van der Waals surface area contributed by atoms with Gasteiger partial charge in [-0.2, -0.15) is 0 Å². The number of hydrogen-bond donors (Lipinski definition) is 2. The summed E-state index contributed by atoms with van der Waals surface area (Å²) in [5.74, 6) is 0.387. The van der Waals surface area contributed by atoms with Crippen LogP contribution in [0.5, 0.6) is 0 Å². The Balaban J connectivity index is 2.41. The number of fused-ring (bicyclic) bond motifs is 1. The summed E-state index contributed by atoms with van der Waals surface area (Å²) in [5, 5.41) is 0. The van der Waals surface area contributed by atoms with Crippen LogP contribution in [-0.2, 0) is 12.8 Å². The first-order valence-electron chi connectivity index (χ1n) is 3.72. The Morgan fingerprint density at radius 1 is 1.64 bits per heavy atom. The summed E-state index contributed by atoms with van der Waals surface area (Å²) in [5.41, 5.74) is 6.61. The number of aromatic amines is 1. The molecule has 0 saturated heterocycles. The largest absolute Gasteiger partial charge is 0.416 e. The van der Waals surface area contributed by atoms with E-state index in [1.165, 1.54) is 0 Å². The highest BCUT2D eigenvalue weighted by molar-refractivity contribution is 5.12. The molecule has 3 N–H and O–H groups in total. The van der Waals surface area contributed by atoms with Gasteiger partial charge in [0.15, 0.2) is 0 Å². The molecule has 0 bridgehead atoms. The number of aromatic nitrogens is 1. The molecule has 1 aromatic heterocycles. The molecule has 1 aliphatic carbocycles. The number of oxazole rings is 1. The molecule has 0 amide bonds. The summed E-state index contributed by atoms with van der Waals surface area (Å²) >= 11 is 0. The Labute approximate surface area is 63.4 Å². The van der Waals surface area contributed by atoms with E-state index in [1.807, 2.05) is 0 Å². The third-order valence-corrected chi connectivity index (χ3v) is 2.02. The SMILES string of the molecule is NC1CCc2[nH]c(=O)oc2C1. The lowest BCUT2D eigenvalue weighted by atomic mass is 9.98. The van der Waals surface area contributed by atoms with Crippen molar-refractivity contribution >= 4 is 0 Å². The first kappa shape index (κ1) is 6.67. The second-order valence-corrected chi connectivity index (χ2v) is 2.92. The van der Waals surface area contributed by atoms with Gasteiger partial charge in [-0.25, -0.2) is 4.79 Å². The number of rotatable bonds is 0. The molecule has 0 spiro atoms. The molecule has 4 nitrogen and oxygen atoms in total. The van der Waals surface area contributed by atoms with Crippen molar-refractivity contribution in [3.05, 3.63) is 22.0 Å². The van der Waals surface area contributed by atoms with Gasteiger partial charge in [-0.1, -0.05) is 0 Å². The lowest BCUT2D eigenvalue weighted by Crippen LogP contribution is -2.27. The number of nitrogens with two attached hydrogens (primary N) is 1. The third kappa shape index (κ3) is 1.09. The fraction of sp³-hybridized carbons (Fsp3) is 0.571. The van der Waals surface area contributed by atoms with Crippen LogP contribution < -0.4 is 11.5 Å². The monoisotopic (exact) mass is 154 g/mol. The van der Waals surface area contributed by atoms with Crippen LogP contribution in [0.15, 0.2) is 9.21 Å².